The fourth-order valence-electron chi connectivity index (χ4n) is 4.73. The number of nitrogens with zero attached hydrogens (tertiary/aromatic N) is 2. The first-order valence-corrected chi connectivity index (χ1v) is 13.9. The zero-order valence-corrected chi connectivity index (χ0v) is 24.4. The molecule has 41 heavy (non-hydrogen) atoms. The highest BCUT2D eigenvalue weighted by molar-refractivity contribution is 5.92. The minimum absolute atomic E-state index is 0.251. The molecule has 220 valence electrons. The maximum Gasteiger partial charge on any atom is 0.316 e. The van der Waals surface area contributed by atoms with Crippen LogP contribution in [0.3, 0.4) is 0 Å². The van der Waals surface area contributed by atoms with Gasteiger partial charge in [-0.3, -0.25) is 29.2 Å². The molecule has 1 aromatic heterocycles. The first-order valence-electron chi connectivity index (χ1n) is 13.9. The highest BCUT2D eigenvalue weighted by Gasteiger charge is 2.37. The van der Waals surface area contributed by atoms with Gasteiger partial charge in [-0.05, 0) is 65.2 Å². The molecule has 0 spiro atoms. The maximum absolute atomic E-state index is 13.2. The van der Waals surface area contributed by atoms with Crippen molar-refractivity contribution in [1.82, 2.24) is 26.1 Å². The van der Waals surface area contributed by atoms with Crippen LogP contribution >= 0.6 is 0 Å². The van der Waals surface area contributed by atoms with Gasteiger partial charge in [-0.1, -0.05) is 30.4 Å². The summed E-state index contributed by atoms with van der Waals surface area (Å²) < 4.78 is 11.0. The van der Waals surface area contributed by atoms with Gasteiger partial charge in [-0.2, -0.15) is 0 Å². The van der Waals surface area contributed by atoms with Crippen molar-refractivity contribution in [2.75, 3.05) is 13.7 Å². The number of aromatic nitrogens is 1. The molecule has 5 atom stereocenters. The minimum atomic E-state index is -1.29. The number of hydrogen-bond acceptors (Lipinski definition) is 8. The number of hydrogen-bond donors (Lipinski definition) is 3. The van der Waals surface area contributed by atoms with Crippen LogP contribution < -0.4 is 16.1 Å². The van der Waals surface area contributed by atoms with Gasteiger partial charge >= 0.3 is 5.97 Å². The first kappa shape index (κ1) is 30.1. The highest BCUT2D eigenvalue weighted by atomic mass is 16.6. The smallest absolute Gasteiger partial charge is 0.316 e. The van der Waals surface area contributed by atoms with Crippen molar-refractivity contribution < 1.29 is 28.7 Å². The molecule has 1 aromatic carbocycles. The predicted molar refractivity (Wildman–Crippen MR) is 153 cm³/mol. The van der Waals surface area contributed by atoms with Gasteiger partial charge in [0.25, 0.3) is 11.8 Å². The Labute approximate surface area is 240 Å². The number of carbonyl (C=O) groups is 4. The van der Waals surface area contributed by atoms with E-state index in [0.717, 1.165) is 16.5 Å². The van der Waals surface area contributed by atoms with Crippen LogP contribution in [-0.4, -0.2) is 71.6 Å². The number of nitrogens with one attached hydrogen (secondary N) is 3. The van der Waals surface area contributed by atoms with E-state index in [1.807, 2.05) is 37.3 Å². The minimum Gasteiger partial charge on any atom is -0.449 e. The van der Waals surface area contributed by atoms with Crippen LogP contribution in [0.25, 0.3) is 17.0 Å². The van der Waals surface area contributed by atoms with Crippen LogP contribution in [0.2, 0.25) is 0 Å². The van der Waals surface area contributed by atoms with Crippen LogP contribution in [0, 0.1) is 5.41 Å². The number of rotatable bonds is 2. The predicted octanol–water partition coefficient (Wildman–Crippen LogP) is 2.41. The number of benzene rings is 1. The summed E-state index contributed by atoms with van der Waals surface area (Å²) in [7, 11) is 1.41. The van der Waals surface area contributed by atoms with Crippen molar-refractivity contribution in [3.8, 4) is 0 Å². The van der Waals surface area contributed by atoms with Crippen molar-refractivity contribution in [3.63, 3.8) is 0 Å². The average Bonchev–Trinajstić information content (AvgIpc) is 2.96. The molecule has 1 unspecified atom stereocenters. The summed E-state index contributed by atoms with van der Waals surface area (Å²) in [5, 5.41) is 7.94. The molecular weight excluding hydrogens is 526 g/mol. The summed E-state index contributed by atoms with van der Waals surface area (Å²) in [4.78, 5) is 57.6. The zero-order chi connectivity index (χ0) is 29.9. The summed E-state index contributed by atoms with van der Waals surface area (Å²) in [5.74, 6) is -1.95. The first-order chi connectivity index (χ1) is 19.4. The number of amides is 3. The summed E-state index contributed by atoms with van der Waals surface area (Å²) in [6.45, 7) is 8.78. The standard InChI is InChI=1S/C30H39N5O6/c1-17-22-12-11-21-10-9-20(16-24(21)33-22)13-14-30(4,5)29(39)41-25(19(3)40-6)27(37)32-18(2)28(38)35-15-7-8-23(34-35)26(36)31-17/h9-14,16-19,23,25,34H,7-8,15H2,1-6H3,(H,31,36)(H,32,37)/b14-13+/t17-,18+,19?,23+,25+/m1/s1. The topological polar surface area (TPSA) is 139 Å². The quantitative estimate of drug-likeness (QED) is 0.472. The van der Waals surface area contributed by atoms with Gasteiger partial charge in [0.1, 0.15) is 18.2 Å². The SMILES string of the molecule is COC(C)[C@@H]1OC(=O)C(C)(C)/C=C/c2ccc3ccc(nc3c2)[C@@H](C)NC(=O)[C@@H]2CCCN(N2)C(=O)[C@H](C)NC1=O. The lowest BCUT2D eigenvalue weighted by Gasteiger charge is -2.35. The van der Waals surface area contributed by atoms with E-state index in [4.69, 9.17) is 14.5 Å². The van der Waals surface area contributed by atoms with E-state index in [0.29, 0.717) is 25.1 Å². The number of fused-ring (bicyclic) bond motifs is 4. The van der Waals surface area contributed by atoms with E-state index in [1.165, 1.54) is 12.1 Å². The molecule has 5 bridgehead atoms. The van der Waals surface area contributed by atoms with Crippen molar-refractivity contribution in [2.45, 2.75) is 77.8 Å². The number of cyclic esters (lactones) is 1. The van der Waals surface area contributed by atoms with Gasteiger partial charge in [0.05, 0.1) is 22.7 Å². The lowest BCUT2D eigenvalue weighted by molar-refractivity contribution is -0.170. The average molecular weight is 566 g/mol. The zero-order valence-electron chi connectivity index (χ0n) is 24.4. The summed E-state index contributed by atoms with van der Waals surface area (Å²) >= 11 is 0. The Morgan fingerprint density at radius 2 is 1.76 bits per heavy atom. The van der Waals surface area contributed by atoms with E-state index in [-0.39, 0.29) is 11.9 Å². The van der Waals surface area contributed by atoms with Crippen LogP contribution in [0.4, 0.5) is 0 Å². The molecule has 11 heteroatoms. The Kier molecular flexibility index (Phi) is 9.08. The number of ether oxygens (including phenoxy) is 2. The third kappa shape index (κ3) is 6.91. The number of methoxy groups -OCH3 is 1. The van der Waals surface area contributed by atoms with Crippen molar-refractivity contribution in [1.29, 1.82) is 0 Å². The molecule has 0 saturated carbocycles. The Morgan fingerprint density at radius 1 is 1.05 bits per heavy atom. The Balaban J connectivity index is 1.71. The molecule has 2 aromatic rings. The van der Waals surface area contributed by atoms with Gasteiger partial charge in [0, 0.05) is 19.0 Å². The Hall–Kier alpha value is -3.83. The third-order valence-corrected chi connectivity index (χ3v) is 7.55. The van der Waals surface area contributed by atoms with Gasteiger partial charge in [-0.25, -0.2) is 5.43 Å². The van der Waals surface area contributed by atoms with Gasteiger partial charge in [0.15, 0.2) is 0 Å². The summed E-state index contributed by atoms with van der Waals surface area (Å²) in [6.07, 6.45) is 2.60. The van der Waals surface area contributed by atoms with Crippen LogP contribution in [0.5, 0.6) is 0 Å². The second-order valence-corrected chi connectivity index (χ2v) is 11.3. The molecule has 4 rings (SSSR count). The van der Waals surface area contributed by atoms with Crippen LogP contribution in [-0.2, 0) is 28.7 Å². The summed E-state index contributed by atoms with van der Waals surface area (Å²) in [6, 6.07) is 7.64. The number of carbonyl (C=O) groups excluding carboxylic acids is 4. The Bertz CT molecular complexity index is 1360. The lowest BCUT2D eigenvalue weighted by atomic mass is 9.92. The molecule has 2 aliphatic heterocycles. The Morgan fingerprint density at radius 3 is 2.49 bits per heavy atom. The van der Waals surface area contributed by atoms with Gasteiger partial charge < -0.3 is 20.1 Å². The van der Waals surface area contributed by atoms with Crippen molar-refractivity contribution in [3.05, 3.63) is 47.7 Å². The van der Waals surface area contributed by atoms with E-state index in [2.05, 4.69) is 16.1 Å². The highest BCUT2D eigenvalue weighted by Crippen LogP contribution is 2.25. The van der Waals surface area contributed by atoms with Crippen LogP contribution in [0.1, 0.15) is 64.8 Å². The molecule has 1 fully saturated rings. The van der Waals surface area contributed by atoms with E-state index in [1.54, 1.807) is 39.8 Å². The van der Waals surface area contributed by atoms with Gasteiger partial charge in [0.2, 0.25) is 12.0 Å². The second-order valence-electron chi connectivity index (χ2n) is 11.3. The molecule has 3 amide bonds. The maximum atomic E-state index is 13.2. The molecule has 11 nitrogen and oxygen atoms in total. The van der Waals surface area contributed by atoms with Crippen molar-refractivity contribution in [2.24, 2.45) is 5.41 Å². The second kappa shape index (κ2) is 12.4. The molecule has 2 aliphatic rings. The van der Waals surface area contributed by atoms with E-state index >= 15 is 0 Å². The fourth-order valence-corrected chi connectivity index (χ4v) is 4.73. The van der Waals surface area contributed by atoms with E-state index < -0.39 is 47.5 Å². The lowest BCUT2D eigenvalue weighted by Crippen LogP contribution is -2.61. The van der Waals surface area contributed by atoms with Gasteiger partial charge in [-0.15, -0.1) is 0 Å². The summed E-state index contributed by atoms with van der Waals surface area (Å²) in [5.41, 5.74) is 4.18. The fraction of sp³-hybridized carbons (Fsp3) is 0.500. The molecule has 1 saturated heterocycles. The number of hydrazine groups is 1. The molecule has 0 aliphatic carbocycles. The molecule has 3 heterocycles. The molecular formula is C30H39N5O6. The van der Waals surface area contributed by atoms with Crippen LogP contribution in [0.15, 0.2) is 36.4 Å². The third-order valence-electron chi connectivity index (χ3n) is 7.55. The van der Waals surface area contributed by atoms with Crippen molar-refractivity contribution >= 4 is 40.7 Å². The van der Waals surface area contributed by atoms with E-state index in [9.17, 15) is 19.2 Å². The monoisotopic (exact) mass is 565 g/mol. The molecule has 3 N–H and O–H groups in total. The number of pyridine rings is 1. The largest absolute Gasteiger partial charge is 0.449 e. The number of esters is 1. The molecule has 0 radical (unpaired) electrons. The normalized spacial score (nSPS) is 27.5.